The fourth-order valence-corrected chi connectivity index (χ4v) is 10.0. The average Bonchev–Trinajstić information content (AvgIpc) is 3.66. The summed E-state index contributed by atoms with van der Waals surface area (Å²) in [5, 5.41) is -0.959. The van der Waals surface area contributed by atoms with E-state index in [9.17, 15) is 24.0 Å². The molecule has 250 valence electrons. The first kappa shape index (κ1) is 34.4. The summed E-state index contributed by atoms with van der Waals surface area (Å²) in [6.45, 7) is 15.1. The fourth-order valence-electron chi connectivity index (χ4n) is 8.10. The Morgan fingerprint density at radius 3 is 2.13 bits per heavy atom. The van der Waals surface area contributed by atoms with Crippen molar-refractivity contribution in [2.75, 3.05) is 6.61 Å². The number of hydrogen-bond acceptors (Lipinski definition) is 12. The average molecular weight is 767 g/mol. The van der Waals surface area contributed by atoms with E-state index in [1.807, 2.05) is 13.8 Å². The molecule has 14 heteroatoms. The number of ether oxygens (including phenoxy) is 7. The van der Waals surface area contributed by atoms with Crippen molar-refractivity contribution in [3.8, 4) is 0 Å². The predicted octanol–water partition coefficient (Wildman–Crippen LogP) is 3.21. The van der Waals surface area contributed by atoms with Gasteiger partial charge in [-0.3, -0.25) is 24.0 Å². The summed E-state index contributed by atoms with van der Waals surface area (Å²) in [6, 6.07) is 0. The van der Waals surface area contributed by atoms with Gasteiger partial charge in [-0.1, -0.05) is 49.9 Å². The molecule has 4 aliphatic heterocycles. The summed E-state index contributed by atoms with van der Waals surface area (Å²) in [7, 11) is 0. The molecule has 0 amide bonds. The molecule has 0 unspecified atom stereocenters. The molecule has 5 aliphatic rings. The van der Waals surface area contributed by atoms with Crippen LogP contribution in [-0.2, 0) is 57.1 Å². The van der Waals surface area contributed by atoms with Gasteiger partial charge in [0.2, 0.25) is 0 Å². The lowest BCUT2D eigenvalue weighted by atomic mass is 9.50. The van der Waals surface area contributed by atoms with E-state index < -0.39 is 104 Å². The van der Waals surface area contributed by atoms with Crippen molar-refractivity contribution in [1.82, 2.24) is 0 Å². The van der Waals surface area contributed by atoms with Crippen molar-refractivity contribution in [3.63, 3.8) is 0 Å². The molecule has 0 aromatic rings. The van der Waals surface area contributed by atoms with E-state index in [0.717, 1.165) is 0 Å². The van der Waals surface area contributed by atoms with Gasteiger partial charge in [0, 0.05) is 39.5 Å². The lowest BCUT2D eigenvalue weighted by Gasteiger charge is -2.63. The lowest BCUT2D eigenvalue weighted by Crippen LogP contribution is -2.78. The van der Waals surface area contributed by atoms with Crippen LogP contribution >= 0.6 is 34.2 Å². The van der Waals surface area contributed by atoms with E-state index in [1.165, 1.54) is 20.8 Å². The topological polar surface area (TPSA) is 153 Å². The molecule has 4 saturated heterocycles. The SMILES string of the molecule is C=C1[C@H]2O[C@]3([C@@H](C)C(=O)O[C@H]3[C@H]1Cl)[C@@H](OC(C)=O)[C@H]1[C@@]3(CO3)[C@H](OC(=O)CC(C)C)C[C@H](OC(C)=O)[C@]1(C)[C@@H](OC(C)=O)[C@@H]2I. The number of rotatable bonds is 6. The number of fused-ring (bicyclic) bond motifs is 3. The number of hydrogen-bond donors (Lipinski definition) is 0. The van der Waals surface area contributed by atoms with Gasteiger partial charge < -0.3 is 33.2 Å². The fraction of sp³-hybridized carbons (Fsp3) is 0.774. The van der Waals surface area contributed by atoms with Gasteiger partial charge in [0.1, 0.15) is 30.0 Å². The van der Waals surface area contributed by atoms with Gasteiger partial charge in [-0.15, -0.1) is 11.6 Å². The lowest BCUT2D eigenvalue weighted by molar-refractivity contribution is -0.293. The summed E-state index contributed by atoms with van der Waals surface area (Å²) in [6.07, 6.45) is -6.28. The highest BCUT2D eigenvalue weighted by molar-refractivity contribution is 14.1. The second kappa shape index (κ2) is 11.9. The molecule has 2 bridgehead atoms. The quantitative estimate of drug-likeness (QED) is 0.0975. The number of carbonyl (C=O) groups excluding carboxylic acids is 5. The maximum Gasteiger partial charge on any atom is 0.312 e. The van der Waals surface area contributed by atoms with Gasteiger partial charge in [-0.05, 0) is 18.4 Å². The van der Waals surface area contributed by atoms with Crippen molar-refractivity contribution in [2.45, 2.75) is 118 Å². The predicted molar refractivity (Wildman–Crippen MR) is 164 cm³/mol. The Balaban J connectivity index is 1.82. The zero-order valence-corrected chi connectivity index (χ0v) is 29.2. The van der Waals surface area contributed by atoms with Gasteiger partial charge in [0.25, 0.3) is 0 Å². The van der Waals surface area contributed by atoms with Crippen molar-refractivity contribution < 1.29 is 57.1 Å². The van der Waals surface area contributed by atoms with Crippen molar-refractivity contribution >= 4 is 64.0 Å². The van der Waals surface area contributed by atoms with E-state index >= 15 is 0 Å². The van der Waals surface area contributed by atoms with Crippen LogP contribution in [0.25, 0.3) is 0 Å². The highest BCUT2D eigenvalue weighted by Gasteiger charge is 2.82. The standard InChI is InChI=1S/C31H40ClIO12/c1-12(2)9-20(37)43-19-10-18(40-15(5)34)29(8)24(30(19)11-39-30)27(42-17(7)36)31-14(4)28(38)44-25(31)21(32)13(3)23(45-31)22(33)26(29)41-16(6)35/h12,14,18-19,21-27H,3,9-11H2,1-2,4-8H3/t14-,18-,19+,21-,22+,23+,24+,25-,26-,27-,29-,30+,31-/m0/s1. The second-order valence-electron chi connectivity index (χ2n) is 13.4. The van der Waals surface area contributed by atoms with Crippen LogP contribution < -0.4 is 0 Å². The highest BCUT2D eigenvalue weighted by Crippen LogP contribution is 2.66. The summed E-state index contributed by atoms with van der Waals surface area (Å²) >= 11 is 9.12. The molecular weight excluding hydrogens is 727 g/mol. The Morgan fingerprint density at radius 2 is 1.60 bits per heavy atom. The zero-order chi connectivity index (χ0) is 33.4. The molecular formula is C31H40ClIO12. The first-order valence-corrected chi connectivity index (χ1v) is 16.8. The summed E-state index contributed by atoms with van der Waals surface area (Å²) in [5.41, 5.74) is -3.94. The summed E-state index contributed by atoms with van der Waals surface area (Å²) < 4.78 is 42.6. The van der Waals surface area contributed by atoms with Crippen LogP contribution in [0.3, 0.4) is 0 Å². The van der Waals surface area contributed by atoms with Gasteiger partial charge in [-0.2, -0.15) is 0 Å². The van der Waals surface area contributed by atoms with Gasteiger partial charge in [0.15, 0.2) is 11.7 Å². The van der Waals surface area contributed by atoms with Crippen LogP contribution in [0.5, 0.6) is 0 Å². The molecule has 45 heavy (non-hydrogen) atoms. The zero-order valence-electron chi connectivity index (χ0n) is 26.3. The molecule has 13 atom stereocenters. The van der Waals surface area contributed by atoms with Gasteiger partial charge >= 0.3 is 29.8 Å². The van der Waals surface area contributed by atoms with E-state index in [-0.39, 0.29) is 25.4 Å². The van der Waals surface area contributed by atoms with Gasteiger partial charge in [-0.25, -0.2) is 0 Å². The molecule has 2 spiro atoms. The largest absolute Gasteiger partial charge is 0.462 e. The van der Waals surface area contributed by atoms with Crippen LogP contribution in [0.4, 0.5) is 0 Å². The molecule has 5 rings (SSSR count). The highest BCUT2D eigenvalue weighted by atomic mass is 127. The molecule has 5 fully saturated rings. The summed E-state index contributed by atoms with van der Waals surface area (Å²) in [4.78, 5) is 65.0. The Kier molecular flexibility index (Phi) is 9.11. The number of esters is 5. The third kappa shape index (κ3) is 5.37. The minimum absolute atomic E-state index is 0.00141. The molecule has 0 N–H and O–H groups in total. The van der Waals surface area contributed by atoms with Crippen molar-refractivity contribution in [3.05, 3.63) is 12.2 Å². The third-order valence-electron chi connectivity index (χ3n) is 10.1. The first-order chi connectivity index (χ1) is 20.9. The monoisotopic (exact) mass is 766 g/mol. The van der Waals surface area contributed by atoms with E-state index in [2.05, 4.69) is 29.2 Å². The van der Waals surface area contributed by atoms with Crippen LogP contribution in [0.1, 0.15) is 61.3 Å². The Hall–Kier alpha value is -1.97. The van der Waals surface area contributed by atoms with E-state index in [1.54, 1.807) is 13.8 Å². The van der Waals surface area contributed by atoms with E-state index in [4.69, 9.17) is 44.8 Å². The molecule has 0 aromatic carbocycles. The first-order valence-electron chi connectivity index (χ1n) is 15.1. The third-order valence-corrected chi connectivity index (χ3v) is 11.9. The molecule has 0 aromatic heterocycles. The minimum atomic E-state index is -1.67. The van der Waals surface area contributed by atoms with E-state index in [0.29, 0.717) is 5.57 Å². The number of epoxide rings is 1. The van der Waals surface area contributed by atoms with Crippen LogP contribution in [0.2, 0.25) is 0 Å². The number of carbonyl (C=O) groups is 5. The molecule has 0 radical (unpaired) electrons. The smallest absolute Gasteiger partial charge is 0.312 e. The number of halogens is 2. The Bertz CT molecular complexity index is 1300. The Labute approximate surface area is 280 Å². The Morgan fingerprint density at radius 1 is 1.02 bits per heavy atom. The van der Waals surface area contributed by atoms with Crippen molar-refractivity contribution in [2.24, 2.45) is 23.2 Å². The van der Waals surface area contributed by atoms with Crippen molar-refractivity contribution in [1.29, 1.82) is 0 Å². The molecule has 1 saturated carbocycles. The van der Waals surface area contributed by atoms with Gasteiger partial charge in [0.05, 0.1) is 33.3 Å². The molecule has 12 nitrogen and oxygen atoms in total. The maximum absolute atomic E-state index is 13.4. The minimum Gasteiger partial charge on any atom is -0.462 e. The van der Waals surface area contributed by atoms with Crippen LogP contribution in [-0.4, -0.2) is 93.6 Å². The van der Waals surface area contributed by atoms with Crippen LogP contribution in [0, 0.1) is 23.2 Å². The maximum atomic E-state index is 13.4. The molecule has 1 aliphatic carbocycles. The normalized spacial score (nSPS) is 44.9. The second-order valence-corrected chi connectivity index (χ2v) is 15.4. The van der Waals surface area contributed by atoms with Crippen LogP contribution in [0.15, 0.2) is 12.2 Å². The molecule has 4 heterocycles. The number of alkyl halides is 2. The summed E-state index contributed by atoms with van der Waals surface area (Å²) in [5.74, 6) is -5.06.